The molecular formula is C14H9BrN2O2. The Morgan fingerprint density at radius 3 is 2.00 bits per heavy atom. The van der Waals surface area contributed by atoms with Crippen LogP contribution in [0, 0.1) is 0 Å². The molecule has 0 spiro atoms. The molecule has 2 aromatic rings. The molecule has 0 unspecified atom stereocenters. The monoisotopic (exact) mass is 316 g/mol. The van der Waals surface area contributed by atoms with Crippen molar-refractivity contribution < 1.29 is 9.59 Å². The van der Waals surface area contributed by atoms with E-state index in [2.05, 4.69) is 15.9 Å². The largest absolute Gasteiger partial charge is 0.398 e. The van der Waals surface area contributed by atoms with E-state index in [1.165, 1.54) is 0 Å². The van der Waals surface area contributed by atoms with E-state index in [4.69, 9.17) is 11.5 Å². The summed E-state index contributed by atoms with van der Waals surface area (Å²) in [5, 5.41) is 0. The Morgan fingerprint density at radius 1 is 0.895 bits per heavy atom. The molecule has 0 heterocycles. The van der Waals surface area contributed by atoms with Gasteiger partial charge in [-0.2, -0.15) is 0 Å². The van der Waals surface area contributed by atoms with E-state index in [0.29, 0.717) is 15.6 Å². The average Bonchev–Trinajstić information content (AvgIpc) is 2.40. The second kappa shape index (κ2) is 3.93. The van der Waals surface area contributed by atoms with Crippen LogP contribution < -0.4 is 11.5 Å². The minimum Gasteiger partial charge on any atom is -0.398 e. The van der Waals surface area contributed by atoms with E-state index in [1.54, 1.807) is 30.3 Å². The van der Waals surface area contributed by atoms with Crippen molar-refractivity contribution in [1.82, 2.24) is 0 Å². The smallest absolute Gasteiger partial charge is 0.196 e. The summed E-state index contributed by atoms with van der Waals surface area (Å²) >= 11 is 3.24. The molecule has 0 atom stereocenters. The molecule has 0 saturated heterocycles. The number of carbonyl (C=O) groups is 2. The van der Waals surface area contributed by atoms with Crippen LogP contribution in [0.25, 0.3) is 0 Å². The highest BCUT2D eigenvalue weighted by Gasteiger charge is 2.33. The number of halogens is 1. The Hall–Kier alpha value is -2.14. The summed E-state index contributed by atoms with van der Waals surface area (Å²) in [4.78, 5) is 24.9. The van der Waals surface area contributed by atoms with Gasteiger partial charge in [-0.25, -0.2) is 0 Å². The zero-order chi connectivity index (χ0) is 13.7. The van der Waals surface area contributed by atoms with Gasteiger partial charge in [0.1, 0.15) is 0 Å². The Balaban J connectivity index is 2.43. The summed E-state index contributed by atoms with van der Waals surface area (Å²) in [6, 6.07) is 8.22. The number of carbonyl (C=O) groups excluding carboxylic acids is 2. The number of nitrogen functional groups attached to an aromatic ring is 2. The van der Waals surface area contributed by atoms with Gasteiger partial charge in [-0.1, -0.05) is 24.3 Å². The quantitative estimate of drug-likeness (QED) is 0.623. The Bertz CT molecular complexity index is 753. The van der Waals surface area contributed by atoms with Gasteiger partial charge in [0.05, 0.1) is 16.8 Å². The number of anilines is 2. The van der Waals surface area contributed by atoms with Gasteiger partial charge >= 0.3 is 0 Å². The fourth-order valence-corrected chi connectivity index (χ4v) is 2.76. The molecule has 5 heteroatoms. The van der Waals surface area contributed by atoms with Crippen LogP contribution in [0.3, 0.4) is 0 Å². The first-order valence-corrected chi connectivity index (χ1v) is 6.37. The van der Waals surface area contributed by atoms with Gasteiger partial charge in [0.25, 0.3) is 0 Å². The van der Waals surface area contributed by atoms with E-state index in [9.17, 15) is 9.59 Å². The Morgan fingerprint density at radius 2 is 1.42 bits per heavy atom. The van der Waals surface area contributed by atoms with Gasteiger partial charge in [0.2, 0.25) is 0 Å². The third kappa shape index (κ3) is 1.51. The lowest BCUT2D eigenvalue weighted by Crippen LogP contribution is -2.24. The highest BCUT2D eigenvalue weighted by molar-refractivity contribution is 9.10. The molecule has 0 radical (unpaired) electrons. The summed E-state index contributed by atoms with van der Waals surface area (Å²) in [5.74, 6) is -0.530. The molecule has 4 nitrogen and oxygen atoms in total. The van der Waals surface area contributed by atoms with Gasteiger partial charge in [0, 0.05) is 21.3 Å². The van der Waals surface area contributed by atoms with Gasteiger partial charge in [0.15, 0.2) is 11.6 Å². The SMILES string of the molecule is Nc1cc(Br)c(N)c2c1C(=O)c1ccccc1C2=O. The van der Waals surface area contributed by atoms with E-state index < -0.39 is 0 Å². The molecule has 2 aromatic carbocycles. The average molecular weight is 317 g/mol. The summed E-state index contributed by atoms with van der Waals surface area (Å²) in [6.45, 7) is 0. The van der Waals surface area contributed by atoms with Crippen LogP contribution in [0.5, 0.6) is 0 Å². The molecule has 1 aliphatic carbocycles. The van der Waals surface area contributed by atoms with E-state index >= 15 is 0 Å². The van der Waals surface area contributed by atoms with Gasteiger partial charge in [-0.05, 0) is 22.0 Å². The molecular weight excluding hydrogens is 308 g/mol. The van der Waals surface area contributed by atoms with Gasteiger partial charge in [-0.15, -0.1) is 0 Å². The van der Waals surface area contributed by atoms with Crippen LogP contribution in [0.4, 0.5) is 11.4 Å². The second-order valence-corrected chi connectivity index (χ2v) is 5.17. The molecule has 0 amide bonds. The second-order valence-electron chi connectivity index (χ2n) is 4.32. The van der Waals surface area contributed by atoms with Gasteiger partial charge in [-0.3, -0.25) is 9.59 Å². The molecule has 4 N–H and O–H groups in total. The fraction of sp³-hybridized carbons (Fsp3) is 0. The summed E-state index contributed by atoms with van der Waals surface area (Å²) in [7, 11) is 0. The number of fused-ring (bicyclic) bond motifs is 2. The maximum Gasteiger partial charge on any atom is 0.196 e. The molecule has 0 aliphatic heterocycles. The van der Waals surface area contributed by atoms with E-state index in [1.807, 2.05) is 0 Å². The first-order valence-electron chi connectivity index (χ1n) is 5.58. The molecule has 1 aliphatic rings. The zero-order valence-electron chi connectivity index (χ0n) is 9.74. The van der Waals surface area contributed by atoms with Crippen molar-refractivity contribution >= 4 is 38.9 Å². The number of hydrogen-bond acceptors (Lipinski definition) is 4. The third-order valence-corrected chi connectivity index (χ3v) is 3.87. The van der Waals surface area contributed by atoms with Crippen LogP contribution in [0.15, 0.2) is 34.8 Å². The molecule has 0 aromatic heterocycles. The highest BCUT2D eigenvalue weighted by atomic mass is 79.9. The molecule has 19 heavy (non-hydrogen) atoms. The standard InChI is InChI=1S/C14H9BrN2O2/c15-8-5-9(16)10-11(12(8)17)14(19)7-4-2-1-3-6(7)13(10)18/h1-5H,16-17H2. The van der Waals surface area contributed by atoms with Crippen LogP contribution in [-0.2, 0) is 0 Å². The minimum atomic E-state index is -0.268. The van der Waals surface area contributed by atoms with Gasteiger partial charge < -0.3 is 11.5 Å². The minimum absolute atomic E-state index is 0.190. The van der Waals surface area contributed by atoms with E-state index in [-0.39, 0.29) is 34.1 Å². The third-order valence-electron chi connectivity index (χ3n) is 3.22. The fourth-order valence-electron chi connectivity index (χ4n) is 2.31. The molecule has 3 rings (SSSR count). The lowest BCUT2D eigenvalue weighted by atomic mass is 9.82. The lowest BCUT2D eigenvalue weighted by Gasteiger charge is -2.21. The first kappa shape index (κ1) is 11.9. The number of hydrogen-bond donors (Lipinski definition) is 2. The predicted octanol–water partition coefficient (Wildman–Crippen LogP) is 2.39. The topological polar surface area (TPSA) is 86.2 Å². The van der Waals surface area contributed by atoms with Crippen LogP contribution in [0.1, 0.15) is 31.8 Å². The van der Waals surface area contributed by atoms with Crippen LogP contribution in [-0.4, -0.2) is 11.6 Å². The molecule has 0 fully saturated rings. The summed E-state index contributed by atoms with van der Waals surface area (Å²) in [5.41, 5.74) is 13.4. The number of ketones is 2. The number of rotatable bonds is 0. The van der Waals surface area contributed by atoms with Crippen molar-refractivity contribution in [2.24, 2.45) is 0 Å². The van der Waals surface area contributed by atoms with Crippen molar-refractivity contribution in [1.29, 1.82) is 0 Å². The van der Waals surface area contributed by atoms with Crippen LogP contribution in [0.2, 0.25) is 0 Å². The Kier molecular flexibility index (Phi) is 2.46. The number of benzene rings is 2. The van der Waals surface area contributed by atoms with E-state index in [0.717, 1.165) is 0 Å². The normalized spacial score (nSPS) is 13.1. The van der Waals surface area contributed by atoms with Crippen molar-refractivity contribution in [3.8, 4) is 0 Å². The molecule has 0 bridgehead atoms. The van der Waals surface area contributed by atoms with Crippen molar-refractivity contribution in [2.45, 2.75) is 0 Å². The zero-order valence-corrected chi connectivity index (χ0v) is 11.3. The molecule has 94 valence electrons. The Labute approximate surface area is 117 Å². The number of nitrogens with two attached hydrogens (primary N) is 2. The maximum absolute atomic E-state index is 12.5. The van der Waals surface area contributed by atoms with Crippen molar-refractivity contribution in [3.05, 3.63) is 57.1 Å². The van der Waals surface area contributed by atoms with Crippen molar-refractivity contribution in [3.63, 3.8) is 0 Å². The highest BCUT2D eigenvalue weighted by Crippen LogP contribution is 2.37. The first-order chi connectivity index (χ1) is 9.02. The predicted molar refractivity (Wildman–Crippen MR) is 76.3 cm³/mol. The lowest BCUT2D eigenvalue weighted by molar-refractivity contribution is 0.0980. The summed E-state index contributed by atoms with van der Waals surface area (Å²) < 4.78 is 0.518. The molecule has 0 saturated carbocycles. The van der Waals surface area contributed by atoms with Crippen LogP contribution >= 0.6 is 15.9 Å². The van der Waals surface area contributed by atoms with Crippen molar-refractivity contribution in [2.75, 3.05) is 11.5 Å². The maximum atomic E-state index is 12.5. The summed E-state index contributed by atoms with van der Waals surface area (Å²) in [6.07, 6.45) is 0.